The maximum absolute atomic E-state index is 13.4. The summed E-state index contributed by atoms with van der Waals surface area (Å²) in [6.07, 6.45) is -3.00. The number of fused-ring (bicyclic) bond motifs is 1. The van der Waals surface area contributed by atoms with E-state index in [1.54, 1.807) is 13.8 Å². The lowest BCUT2D eigenvalue weighted by molar-refractivity contribution is -0.246. The predicted molar refractivity (Wildman–Crippen MR) is 137 cm³/mol. The Bertz CT molecular complexity index is 1010. The van der Waals surface area contributed by atoms with Crippen LogP contribution in [0.25, 0.3) is 0 Å². The number of methoxy groups -OCH3 is 1. The maximum atomic E-state index is 13.4. The van der Waals surface area contributed by atoms with E-state index >= 15 is 0 Å². The zero-order valence-corrected chi connectivity index (χ0v) is 22.8. The molecule has 196 valence electrons. The zero-order valence-electron chi connectivity index (χ0n) is 21.8. The van der Waals surface area contributed by atoms with Crippen LogP contribution in [0.4, 0.5) is 8.78 Å². The second-order valence-electron chi connectivity index (χ2n) is 11.0. The quantitative estimate of drug-likeness (QED) is 0.461. The average molecular weight is 519 g/mol. The standard InChI is InChI=1S/C28H36F2O5Si/c1-26(2,3)36(20-13-9-7-10-14-20,21-15-11-8-12-16-21)32-19-28(18-17-22(29)30)24(31-6)23-25(35-28)34-27(4,5)33-23/h7-17,23-25H,18-19H2,1-6H3/t23-,24+,25+,28-/m1/s1. The predicted octanol–water partition coefficient (Wildman–Crippen LogP) is 5.00. The third-order valence-electron chi connectivity index (χ3n) is 7.06. The molecule has 2 heterocycles. The van der Waals surface area contributed by atoms with Crippen molar-refractivity contribution in [3.8, 4) is 0 Å². The molecular formula is C28H36F2O5Si. The lowest BCUT2D eigenvalue weighted by Gasteiger charge is -2.45. The van der Waals surface area contributed by atoms with Crippen LogP contribution >= 0.6 is 0 Å². The third kappa shape index (κ3) is 4.95. The van der Waals surface area contributed by atoms with E-state index < -0.39 is 44.3 Å². The van der Waals surface area contributed by atoms with E-state index in [-0.39, 0.29) is 18.1 Å². The second kappa shape index (κ2) is 10.1. The Morgan fingerprint density at radius 2 is 1.50 bits per heavy atom. The van der Waals surface area contributed by atoms with E-state index in [2.05, 4.69) is 45.0 Å². The van der Waals surface area contributed by atoms with Gasteiger partial charge in [0.15, 0.2) is 12.1 Å². The molecule has 0 unspecified atom stereocenters. The van der Waals surface area contributed by atoms with Crippen LogP contribution in [-0.4, -0.2) is 51.9 Å². The first kappa shape index (κ1) is 27.1. The van der Waals surface area contributed by atoms with E-state index in [1.165, 1.54) is 7.11 Å². The molecule has 0 aromatic heterocycles. The molecule has 5 nitrogen and oxygen atoms in total. The number of halogens is 2. The molecule has 2 aliphatic heterocycles. The summed E-state index contributed by atoms with van der Waals surface area (Å²) in [6, 6.07) is 20.3. The molecule has 0 aliphatic carbocycles. The van der Waals surface area contributed by atoms with Gasteiger partial charge in [0.25, 0.3) is 14.4 Å². The number of hydrogen-bond acceptors (Lipinski definition) is 5. The summed E-state index contributed by atoms with van der Waals surface area (Å²) >= 11 is 0. The van der Waals surface area contributed by atoms with Crippen molar-refractivity contribution in [2.75, 3.05) is 13.7 Å². The molecule has 4 atom stereocenters. The zero-order chi connectivity index (χ0) is 26.2. The second-order valence-corrected chi connectivity index (χ2v) is 15.3. The van der Waals surface area contributed by atoms with Gasteiger partial charge in [0, 0.05) is 13.5 Å². The molecule has 0 bridgehead atoms. The van der Waals surface area contributed by atoms with Gasteiger partial charge in [0.1, 0.15) is 17.8 Å². The first-order valence-corrected chi connectivity index (χ1v) is 14.2. The molecule has 8 heteroatoms. The summed E-state index contributed by atoms with van der Waals surface area (Å²) in [7, 11) is -1.41. The highest BCUT2D eigenvalue weighted by molar-refractivity contribution is 6.99. The van der Waals surface area contributed by atoms with Crippen LogP contribution in [0.5, 0.6) is 0 Å². The van der Waals surface area contributed by atoms with Crippen molar-refractivity contribution in [1.29, 1.82) is 0 Å². The van der Waals surface area contributed by atoms with Gasteiger partial charge in [-0.1, -0.05) is 81.4 Å². The average Bonchev–Trinajstić information content (AvgIpc) is 3.26. The fourth-order valence-electron chi connectivity index (χ4n) is 5.58. The van der Waals surface area contributed by atoms with Crippen LogP contribution in [0, 0.1) is 0 Å². The van der Waals surface area contributed by atoms with Crippen molar-refractivity contribution in [3.05, 3.63) is 72.8 Å². The highest BCUT2D eigenvalue weighted by Gasteiger charge is 2.63. The molecule has 0 N–H and O–H groups in total. The van der Waals surface area contributed by atoms with Crippen LogP contribution in [0.15, 0.2) is 72.8 Å². The van der Waals surface area contributed by atoms with Crippen molar-refractivity contribution in [3.63, 3.8) is 0 Å². The number of ether oxygens (including phenoxy) is 4. The minimum atomic E-state index is -2.95. The fraction of sp³-hybridized carbons (Fsp3) is 0.500. The van der Waals surface area contributed by atoms with Crippen molar-refractivity contribution < 1.29 is 32.2 Å². The summed E-state index contributed by atoms with van der Waals surface area (Å²) in [4.78, 5) is 0. The Labute approximate surface area is 213 Å². The Morgan fingerprint density at radius 3 is 1.97 bits per heavy atom. The largest absolute Gasteiger partial charge is 0.404 e. The van der Waals surface area contributed by atoms with Crippen LogP contribution in [0.3, 0.4) is 0 Å². The van der Waals surface area contributed by atoms with Gasteiger partial charge >= 0.3 is 0 Å². The molecule has 2 aromatic rings. The van der Waals surface area contributed by atoms with Crippen LogP contribution in [-0.2, 0) is 23.4 Å². The van der Waals surface area contributed by atoms with Crippen molar-refractivity contribution in [1.82, 2.24) is 0 Å². The Balaban J connectivity index is 1.79. The summed E-state index contributed by atoms with van der Waals surface area (Å²) in [6.45, 7) is 10.1. The molecule has 2 fully saturated rings. The number of rotatable bonds is 8. The highest BCUT2D eigenvalue weighted by Crippen LogP contribution is 2.47. The molecule has 2 saturated heterocycles. The molecule has 4 rings (SSSR count). The van der Waals surface area contributed by atoms with Gasteiger partial charge in [0.05, 0.1) is 6.61 Å². The molecule has 2 aliphatic rings. The van der Waals surface area contributed by atoms with Crippen molar-refractivity contribution in [2.45, 2.75) is 76.0 Å². The first-order chi connectivity index (χ1) is 16.9. The fourth-order valence-corrected chi connectivity index (χ4v) is 10.2. The minimum absolute atomic E-state index is 0.0305. The van der Waals surface area contributed by atoms with Crippen LogP contribution in [0.1, 0.15) is 41.0 Å². The van der Waals surface area contributed by atoms with Gasteiger partial charge in [-0.3, -0.25) is 0 Å². The van der Waals surface area contributed by atoms with E-state index in [0.717, 1.165) is 16.4 Å². The highest BCUT2D eigenvalue weighted by atomic mass is 28.4. The van der Waals surface area contributed by atoms with Gasteiger partial charge in [0.2, 0.25) is 0 Å². The molecule has 0 saturated carbocycles. The van der Waals surface area contributed by atoms with Crippen molar-refractivity contribution >= 4 is 18.7 Å². The molecule has 0 radical (unpaired) electrons. The third-order valence-corrected chi connectivity index (χ3v) is 12.0. The lowest BCUT2D eigenvalue weighted by atomic mass is 9.92. The monoisotopic (exact) mass is 518 g/mol. The Kier molecular flexibility index (Phi) is 7.59. The van der Waals surface area contributed by atoms with Gasteiger partial charge < -0.3 is 23.4 Å². The van der Waals surface area contributed by atoms with E-state index in [4.69, 9.17) is 23.4 Å². The van der Waals surface area contributed by atoms with Crippen molar-refractivity contribution in [2.24, 2.45) is 0 Å². The van der Waals surface area contributed by atoms with Crippen LogP contribution in [0.2, 0.25) is 5.04 Å². The van der Waals surface area contributed by atoms with Gasteiger partial charge in [-0.25, -0.2) is 0 Å². The SMILES string of the molecule is CO[C@H]1[C@H]2OC(C)(C)O[C@H]2O[C@]1(CC=C(F)F)CO[Si](c1ccccc1)(c1ccccc1)C(C)(C)C. The normalized spacial score (nSPS) is 27.6. The molecule has 0 amide bonds. The molecular weight excluding hydrogens is 482 g/mol. The van der Waals surface area contributed by atoms with Gasteiger partial charge in [-0.05, 0) is 35.3 Å². The molecule has 2 aromatic carbocycles. The lowest BCUT2D eigenvalue weighted by Crippen LogP contribution is -2.68. The number of benzene rings is 2. The number of hydrogen-bond donors (Lipinski definition) is 0. The summed E-state index contributed by atoms with van der Waals surface area (Å²) < 4.78 is 58.1. The smallest absolute Gasteiger partial charge is 0.266 e. The van der Waals surface area contributed by atoms with Crippen LogP contribution < -0.4 is 10.4 Å². The Morgan fingerprint density at radius 1 is 0.944 bits per heavy atom. The topological polar surface area (TPSA) is 46.2 Å². The summed E-state index contributed by atoms with van der Waals surface area (Å²) in [5.74, 6) is -0.863. The molecule has 36 heavy (non-hydrogen) atoms. The van der Waals surface area contributed by atoms with E-state index in [0.29, 0.717) is 0 Å². The summed E-state index contributed by atoms with van der Waals surface area (Å²) in [5, 5.41) is 1.89. The minimum Gasteiger partial charge on any atom is -0.404 e. The Hall–Kier alpha value is -1.94. The summed E-state index contributed by atoms with van der Waals surface area (Å²) in [5.41, 5.74) is -1.23. The van der Waals surface area contributed by atoms with E-state index in [1.807, 2.05) is 36.4 Å². The van der Waals surface area contributed by atoms with Gasteiger partial charge in [-0.2, -0.15) is 8.78 Å². The first-order valence-electron chi connectivity index (χ1n) is 12.3. The molecule has 0 spiro atoms. The maximum Gasteiger partial charge on any atom is 0.266 e. The van der Waals surface area contributed by atoms with E-state index in [9.17, 15) is 8.78 Å². The van der Waals surface area contributed by atoms with Gasteiger partial charge in [-0.15, -0.1) is 0 Å².